The van der Waals surface area contributed by atoms with Gasteiger partial charge in [-0.05, 0) is 141 Å². The Hall–Kier alpha value is -19.8. The van der Waals surface area contributed by atoms with Gasteiger partial charge >= 0.3 is 0 Å². The van der Waals surface area contributed by atoms with Gasteiger partial charge in [0, 0.05) is 93.0 Å². The Morgan fingerprint density at radius 2 is 0.542 bits per heavy atom. The van der Waals surface area contributed by atoms with E-state index >= 15 is 0 Å². The van der Waals surface area contributed by atoms with Gasteiger partial charge in [0.05, 0.1) is 129 Å². The molecule has 0 saturated heterocycles. The normalized spacial score (nSPS) is 15.8. The maximum atomic E-state index is 10.2. The van der Waals surface area contributed by atoms with Gasteiger partial charge in [-0.1, -0.05) is 363 Å². The Morgan fingerprint density at radius 1 is 0.181 bits per heavy atom. The third-order valence-corrected chi connectivity index (χ3v) is 24.7. The zero-order chi connectivity index (χ0) is 131. The van der Waals surface area contributed by atoms with Crippen molar-refractivity contribution in [2.45, 2.75) is 0 Å². The van der Waals surface area contributed by atoms with E-state index in [-0.39, 0.29) is 91.8 Å². The summed E-state index contributed by atoms with van der Waals surface area (Å²) >= 11 is 0. The van der Waals surface area contributed by atoms with Gasteiger partial charge in [0.1, 0.15) is 33.5 Å². The fraction of sp³-hybridized carbons (Fsp3) is 0. The predicted octanol–water partition coefficient (Wildman–Crippen LogP) is 33.1. The molecule has 15 nitrogen and oxygen atoms in total. The smallest absolute Gasteiger partial charge is 0.167 e. The largest absolute Gasteiger partial charge is 0.456 e. The molecule has 30 aromatic rings. The highest BCUT2D eigenvalue weighted by Gasteiger charge is 2.29. The fourth-order valence-electron chi connectivity index (χ4n) is 18.5. The van der Waals surface area contributed by atoms with Gasteiger partial charge in [-0.2, -0.15) is 0 Å². The van der Waals surface area contributed by atoms with Crippen LogP contribution in [0.4, 0.5) is 0 Å². The first kappa shape index (κ1) is 50.5. The summed E-state index contributed by atoms with van der Waals surface area (Å²) < 4.78 is 394. The van der Waals surface area contributed by atoms with Crippen LogP contribution in [0.3, 0.4) is 0 Å². The summed E-state index contributed by atoms with van der Waals surface area (Å²) in [5.41, 5.74) is 0.836. The Labute approximate surface area is 881 Å². The SMILES string of the molecule is [2H]c1c([2H])c([2H])c(-c2nc(-c3c([2H])c([2H])c([2H])c([2H])c3[2H])nc(-c3c([2H])c(-n4c5c([2H])c([2H])c([2H])c([2H])c5c5c([2H])c6c([2H])c([2H])c([2H])c([2H])c6c([2H])c54)c4c(oc5c([2H])c([2H])c([2H])c([2H])c54)c3[2H])n2)c([2H])c1[2H].[2H]c1c([2H])c([2H])c(-c2nc(-c3c([2H])c([2H])c([2H])c([2H])c3[2H])nc(-c3ccc(-n4c5ccccc5c5cc6ccccc6cc54)c4c3oc3ccccc34)n2)c([2H])c1[2H].[2H]c1c([2H])c([2H])c2c(oc3c([2H])c(-c4nc(-c5ccccc5)nc(-c5ccccc5)n4)c([2H])c(-n4c5ccccc5c5cc6ccccc6cc54)c32)c1[2H]. The number of fused-ring (bicyclic) bond motifs is 21. The summed E-state index contributed by atoms with van der Waals surface area (Å²) in [6.45, 7) is 0. The molecule has 30 rings (SSSR count). The molecule has 0 radical (unpaired) electrons. The van der Waals surface area contributed by atoms with E-state index in [9.17, 15) is 11.0 Å². The Bertz CT molecular complexity index is 12900. The molecule has 0 N–H and O–H groups in total. The molecule has 0 aliphatic rings. The lowest BCUT2D eigenvalue weighted by Crippen LogP contribution is -2.01. The number of benzene rings is 21. The monoisotopic (exact) mass is 1880 g/mol. The molecule has 672 valence electrons. The zero-order valence-electron chi connectivity index (χ0n) is 116. The van der Waals surface area contributed by atoms with Crippen LogP contribution >= 0.6 is 0 Å². The van der Waals surface area contributed by atoms with Crippen LogP contribution in [0.1, 0.15) is 57.6 Å². The molecule has 0 saturated carbocycles. The molecule has 0 fully saturated rings. The molecule has 0 unspecified atom stereocenters. The molecule has 0 aliphatic carbocycles. The second-order valence-corrected chi connectivity index (χ2v) is 33.0. The molecule has 144 heavy (non-hydrogen) atoms. The summed E-state index contributed by atoms with van der Waals surface area (Å²) in [6.07, 6.45) is 0. The second-order valence-electron chi connectivity index (χ2n) is 33.0. The van der Waals surface area contributed by atoms with E-state index < -0.39 is 324 Å². The summed E-state index contributed by atoms with van der Waals surface area (Å²) in [4.78, 5) is 41.4. The van der Waals surface area contributed by atoms with E-state index in [1.165, 1.54) is 0 Å². The maximum Gasteiger partial charge on any atom is 0.167 e. The van der Waals surface area contributed by atoms with Crippen molar-refractivity contribution in [1.29, 1.82) is 0 Å². The van der Waals surface area contributed by atoms with E-state index in [0.29, 0.717) is 33.8 Å². The van der Waals surface area contributed by atoms with Crippen LogP contribution < -0.4 is 0 Å². The van der Waals surface area contributed by atoms with Crippen molar-refractivity contribution in [3.8, 4) is 120 Å². The zero-order valence-corrected chi connectivity index (χ0v) is 73.9. The van der Waals surface area contributed by atoms with Crippen molar-refractivity contribution in [2.24, 2.45) is 0 Å². The van der Waals surface area contributed by atoms with Crippen LogP contribution in [0.15, 0.2) is 485 Å². The van der Waals surface area contributed by atoms with Crippen LogP contribution in [0.2, 0.25) is 0 Å². The fourth-order valence-corrected chi connectivity index (χ4v) is 18.5. The summed E-state index contributed by atoms with van der Waals surface area (Å²) in [6, 6.07) is 40.3. The minimum absolute atomic E-state index is 0.00680. The molecule has 15 heteroatoms. The lowest BCUT2D eigenvalue weighted by Gasteiger charge is -2.13. The van der Waals surface area contributed by atoms with Crippen LogP contribution in [0.25, 0.3) is 283 Å². The van der Waals surface area contributed by atoms with Crippen LogP contribution in [-0.4, -0.2) is 58.6 Å². The van der Waals surface area contributed by atoms with Gasteiger partial charge < -0.3 is 27.0 Å². The Balaban J connectivity index is 0.000000128. The van der Waals surface area contributed by atoms with E-state index in [1.807, 2.05) is 162 Å². The average molecular weight is 1890 g/mol. The molecule has 9 aromatic heterocycles. The van der Waals surface area contributed by atoms with Gasteiger partial charge in [-0.25, -0.2) is 44.9 Å². The minimum Gasteiger partial charge on any atom is -0.456 e. The molecular weight excluding hydrogens is 1770 g/mol. The van der Waals surface area contributed by atoms with Crippen molar-refractivity contribution in [2.75, 3.05) is 0 Å². The molecule has 0 bridgehead atoms. The predicted molar refractivity (Wildman–Crippen MR) is 586 cm³/mol. The first-order chi connectivity index (χ1) is 88.8. The first-order valence-corrected chi connectivity index (χ1v) is 44.7. The van der Waals surface area contributed by atoms with Gasteiger partial charge in [0.2, 0.25) is 0 Å². The van der Waals surface area contributed by atoms with Gasteiger partial charge in [-0.3, -0.25) is 0 Å². The molecule has 9 heterocycles. The van der Waals surface area contributed by atoms with Gasteiger partial charge in [0.25, 0.3) is 0 Å². The number of hydrogen-bond acceptors (Lipinski definition) is 12. The van der Waals surface area contributed by atoms with Crippen molar-refractivity contribution < 1.29 is 70.8 Å². The van der Waals surface area contributed by atoms with Crippen LogP contribution in [0, 0.1) is 0 Å². The van der Waals surface area contributed by atoms with Crippen molar-refractivity contribution in [1.82, 2.24) is 58.6 Å². The number of aromatic nitrogens is 12. The summed E-state index contributed by atoms with van der Waals surface area (Å²) in [5, 5.41) is 6.73. The van der Waals surface area contributed by atoms with E-state index in [2.05, 4.69) is 79.1 Å². The van der Waals surface area contributed by atoms with E-state index in [0.717, 1.165) is 91.9 Å². The standard InChI is InChI=1S/3C43H26N4O/c2*1-3-13-27(14-4-1)41-44-42(28-15-5-2-6-16-28)46-43(45-41)31-25-37(40-33-20-10-12-22-38(33)48-39(40)26-31)47-35-21-11-9-19-32(35)34-23-29-17-7-8-18-30(29)24-36(34)47;1-3-13-27(14-4-1)41-44-42(28-15-5-2-6-16-28)46-43(45-41)33-23-24-36(39-32-20-10-12-22-38(32)48-40(33)39)47-35-21-11-9-19-31(35)34-25-29-17-7-8-18-30(29)26-37(34)47/h3*1-26H/i1D,2D,3D,4D,5D,6D,7D,8D,9D,10D,11D,12D,13D,14D,15D,16D,17D,18D,19D,20D,21D,22D,23D,24D,25D,26D;10D,12D,20D,22D,25D,26D;1D,2D,3D,4D,5D,6D,13D,14D,15D,16D. The minimum atomic E-state index is -1.02. The van der Waals surface area contributed by atoms with Crippen LogP contribution in [-0.2, 0) is 0 Å². The quantitative estimate of drug-likeness (QED) is 0.114. The molecule has 21 aromatic carbocycles. The Kier molecular flexibility index (Phi) is 12.0. The molecular formula is C129H78N12O3. The molecule has 0 amide bonds. The van der Waals surface area contributed by atoms with E-state index in [1.54, 1.807) is 6.07 Å². The first-order valence-electron chi connectivity index (χ1n) is 65.7. The second kappa shape index (κ2) is 34.1. The number of hydrogen-bond donors (Lipinski definition) is 0. The van der Waals surface area contributed by atoms with Crippen molar-refractivity contribution in [3.05, 3.63) is 472 Å². The topological polar surface area (TPSA) is 170 Å². The Morgan fingerprint density at radius 3 is 1.02 bits per heavy atom. The third-order valence-electron chi connectivity index (χ3n) is 24.7. The summed E-state index contributed by atoms with van der Waals surface area (Å²) in [5.74, 6) is -2.57. The lowest BCUT2D eigenvalue weighted by molar-refractivity contribution is 0.668. The number of para-hydroxylation sites is 6. The maximum absolute atomic E-state index is 10.2. The van der Waals surface area contributed by atoms with Crippen molar-refractivity contribution >= 4 is 164 Å². The summed E-state index contributed by atoms with van der Waals surface area (Å²) in [7, 11) is 0. The highest BCUT2D eigenvalue weighted by molar-refractivity contribution is 6.22. The highest BCUT2D eigenvalue weighted by atomic mass is 16.3. The highest BCUT2D eigenvalue weighted by Crippen LogP contribution is 2.49. The van der Waals surface area contributed by atoms with Gasteiger partial charge in [-0.15, -0.1) is 0 Å². The van der Waals surface area contributed by atoms with Crippen LogP contribution in [0.5, 0.6) is 0 Å². The molecule has 0 spiro atoms. The average Bonchev–Trinajstić information content (AvgIpc) is 1.51. The van der Waals surface area contributed by atoms with Crippen molar-refractivity contribution in [3.63, 3.8) is 0 Å². The number of furan rings is 3. The molecule has 0 atom stereocenters. The van der Waals surface area contributed by atoms with E-state index in [4.69, 9.17) is 84.8 Å². The lowest BCUT2D eigenvalue weighted by atomic mass is 10.0. The number of rotatable bonds is 12. The number of nitrogens with zero attached hydrogens (tertiary/aromatic N) is 12. The van der Waals surface area contributed by atoms with Gasteiger partial charge in [0.15, 0.2) is 52.4 Å². The third kappa shape index (κ3) is 14.2. The molecule has 0 aliphatic heterocycles.